The standard InChI is InChI=1S/C66H45NS.C64H47N/c1-65(2)59-24-11-8-21-53(59)56-35-31-50(41-62(56)65)67(48-30-34-52-45(38-48)28-27-42-15-6-7-20-51(42)52)49-32-36-63-58(40-49)57-33-29-44(39-64(57)68-63)43-16-14-19-47(37-43)66(46-17-4-3-5-18-46)60-25-12-9-22-54(60)55-23-10-13-26-61(55)66;1-63(2)59-31-12-9-28-55(59)58-39-36-49(43-62(58)63)48-22-17-27-54(42-48)65(52-37-34-45(35-38-52)44-18-5-3-6-19-44)53-26-16-21-47(41-53)46-20-15-25-51(40-46)64(50-23-7-4-8-24-50)60-32-13-10-29-56(60)57-30-11-14-33-61(57)64/h3-41H,1-2H3;3-43H,1-2H3/i;3D,5D,6D,18D,19D. The number of hydrogen-bond donors (Lipinski definition) is 0. The van der Waals surface area contributed by atoms with Crippen molar-refractivity contribution >= 4 is 87.2 Å². The highest BCUT2D eigenvalue weighted by atomic mass is 32.1. The summed E-state index contributed by atoms with van der Waals surface area (Å²) in [4.78, 5) is 4.71. The zero-order valence-electron chi connectivity index (χ0n) is 79.1. The Bertz CT molecular complexity index is 8630. The highest BCUT2D eigenvalue weighted by molar-refractivity contribution is 7.25. The molecule has 0 bridgehead atoms. The lowest BCUT2D eigenvalue weighted by atomic mass is 9.67. The fourth-order valence-corrected chi connectivity index (χ4v) is 24.1. The number of benzene rings is 21. The maximum atomic E-state index is 8.72. The Labute approximate surface area is 788 Å². The topological polar surface area (TPSA) is 6.48 Å². The van der Waals surface area contributed by atoms with Crippen molar-refractivity contribution in [2.24, 2.45) is 0 Å². The monoisotopic (exact) mass is 1720 g/mol. The number of thiophene rings is 1. The number of rotatable bonds is 14. The van der Waals surface area contributed by atoms with Gasteiger partial charge in [0, 0.05) is 65.1 Å². The number of fused-ring (bicyclic) bond motifs is 18. The Balaban J connectivity index is 0.000000146. The van der Waals surface area contributed by atoms with Crippen molar-refractivity contribution in [3.8, 4) is 89.0 Å². The van der Waals surface area contributed by atoms with E-state index in [-0.39, 0.29) is 40.6 Å². The van der Waals surface area contributed by atoms with Crippen LogP contribution in [0.25, 0.3) is 131 Å². The summed E-state index contributed by atoms with van der Waals surface area (Å²) < 4.78 is 44.9. The van der Waals surface area contributed by atoms with E-state index in [1.54, 1.807) is 0 Å². The van der Waals surface area contributed by atoms with Crippen LogP contribution in [-0.2, 0) is 21.7 Å². The molecular weight excluding hydrogens is 1620 g/mol. The Kier molecular flexibility index (Phi) is 17.4. The van der Waals surface area contributed by atoms with E-state index >= 15 is 0 Å². The predicted molar refractivity (Wildman–Crippen MR) is 562 cm³/mol. The highest BCUT2D eigenvalue weighted by Crippen LogP contribution is 2.60. The molecule has 0 radical (unpaired) electrons. The molecule has 26 rings (SSSR count). The molecule has 1 heterocycles. The summed E-state index contributed by atoms with van der Waals surface area (Å²) >= 11 is 1.88. The van der Waals surface area contributed by atoms with Crippen molar-refractivity contribution in [2.75, 3.05) is 9.80 Å². The quantitative estimate of drug-likeness (QED) is 0.100. The molecule has 133 heavy (non-hydrogen) atoms. The molecule has 0 aliphatic heterocycles. The predicted octanol–water partition coefficient (Wildman–Crippen LogP) is 35.0. The minimum absolute atomic E-state index is 0.116. The molecule has 3 heteroatoms. The van der Waals surface area contributed by atoms with Gasteiger partial charge in [-0.15, -0.1) is 11.3 Å². The van der Waals surface area contributed by atoms with E-state index in [9.17, 15) is 0 Å². The van der Waals surface area contributed by atoms with E-state index in [4.69, 9.17) is 6.85 Å². The Morgan fingerprint density at radius 3 is 1.11 bits per heavy atom. The molecule has 628 valence electrons. The number of anilines is 6. The lowest BCUT2D eigenvalue weighted by molar-refractivity contribution is 0.660. The maximum absolute atomic E-state index is 8.72. The van der Waals surface area contributed by atoms with Gasteiger partial charge in [-0.25, -0.2) is 0 Å². The van der Waals surface area contributed by atoms with Crippen LogP contribution in [0.4, 0.5) is 34.1 Å². The van der Waals surface area contributed by atoms with Crippen LogP contribution in [0.5, 0.6) is 0 Å². The number of hydrogen-bond acceptors (Lipinski definition) is 3. The smallest absolute Gasteiger partial charge is 0.0713 e. The van der Waals surface area contributed by atoms with Gasteiger partial charge in [-0.3, -0.25) is 0 Å². The van der Waals surface area contributed by atoms with Gasteiger partial charge in [-0.2, -0.15) is 0 Å². The first kappa shape index (κ1) is 73.8. The van der Waals surface area contributed by atoms with Crippen LogP contribution in [0, 0.1) is 0 Å². The first-order valence-electron chi connectivity index (χ1n) is 48.6. The second kappa shape index (κ2) is 31.4. The van der Waals surface area contributed by atoms with Gasteiger partial charge in [0.2, 0.25) is 0 Å². The summed E-state index contributed by atoms with van der Waals surface area (Å²) in [5, 5.41) is 7.60. The second-order valence-corrected chi connectivity index (χ2v) is 38.0. The molecule has 22 aromatic rings. The molecule has 0 spiro atoms. The largest absolute Gasteiger partial charge is 0.310 e. The summed E-state index contributed by atoms with van der Waals surface area (Å²) in [6, 6.07) is 165. The summed E-state index contributed by atoms with van der Waals surface area (Å²) in [6.07, 6.45) is 0. The fourth-order valence-electron chi connectivity index (χ4n) is 22.9. The third kappa shape index (κ3) is 12.7. The Morgan fingerprint density at radius 2 is 0.556 bits per heavy atom. The normalized spacial score (nSPS) is 14.3. The van der Waals surface area contributed by atoms with Crippen molar-refractivity contribution in [3.05, 3.63) is 552 Å². The first-order chi connectivity index (χ1) is 67.5. The third-order valence-electron chi connectivity index (χ3n) is 29.1. The second-order valence-electron chi connectivity index (χ2n) is 36.9. The zero-order valence-corrected chi connectivity index (χ0v) is 74.9. The van der Waals surface area contributed by atoms with Crippen molar-refractivity contribution in [1.82, 2.24) is 0 Å². The van der Waals surface area contributed by atoms with Gasteiger partial charge < -0.3 is 9.80 Å². The lowest BCUT2D eigenvalue weighted by Crippen LogP contribution is -2.28. The van der Waals surface area contributed by atoms with Crippen LogP contribution in [-0.4, -0.2) is 0 Å². The third-order valence-corrected chi connectivity index (χ3v) is 30.3. The van der Waals surface area contributed by atoms with Crippen LogP contribution in [0.15, 0.2) is 485 Å². The van der Waals surface area contributed by atoms with Gasteiger partial charge in [-0.05, 0) is 280 Å². The Hall–Kier alpha value is -16.0. The van der Waals surface area contributed by atoms with Crippen molar-refractivity contribution in [2.45, 2.75) is 49.4 Å². The van der Waals surface area contributed by atoms with Crippen molar-refractivity contribution < 1.29 is 6.85 Å². The van der Waals surface area contributed by atoms with Gasteiger partial charge in [0.05, 0.1) is 17.7 Å². The molecule has 4 aliphatic rings. The summed E-state index contributed by atoms with van der Waals surface area (Å²) in [7, 11) is 0. The Morgan fingerprint density at radius 1 is 0.195 bits per heavy atom. The molecule has 0 fully saturated rings. The van der Waals surface area contributed by atoms with E-state index in [0.717, 1.165) is 56.4 Å². The lowest BCUT2D eigenvalue weighted by Gasteiger charge is -2.34. The van der Waals surface area contributed by atoms with Gasteiger partial charge in [-0.1, -0.05) is 410 Å². The van der Waals surface area contributed by atoms with E-state index in [0.29, 0.717) is 5.56 Å². The van der Waals surface area contributed by atoms with E-state index in [1.165, 1.54) is 164 Å². The molecule has 4 aliphatic carbocycles. The van der Waals surface area contributed by atoms with Gasteiger partial charge in [0.15, 0.2) is 0 Å². The van der Waals surface area contributed by atoms with Crippen LogP contribution < -0.4 is 9.80 Å². The zero-order chi connectivity index (χ0) is 93.0. The summed E-state index contributed by atoms with van der Waals surface area (Å²) in [5.74, 6) is 0. The molecule has 0 amide bonds. The highest BCUT2D eigenvalue weighted by Gasteiger charge is 2.48. The molecular formula is C130H92N2S. The number of nitrogens with zero attached hydrogens (tertiary/aromatic N) is 2. The van der Waals surface area contributed by atoms with Crippen LogP contribution in [0.2, 0.25) is 0 Å². The minimum Gasteiger partial charge on any atom is -0.310 e. The first-order valence-corrected chi connectivity index (χ1v) is 46.9. The van der Waals surface area contributed by atoms with Gasteiger partial charge in [0.1, 0.15) is 0 Å². The van der Waals surface area contributed by atoms with E-state index < -0.39 is 16.9 Å². The van der Waals surface area contributed by atoms with Gasteiger partial charge >= 0.3 is 0 Å². The molecule has 21 aromatic carbocycles. The van der Waals surface area contributed by atoms with Gasteiger partial charge in [0.25, 0.3) is 0 Å². The molecule has 0 N–H and O–H groups in total. The van der Waals surface area contributed by atoms with Crippen LogP contribution in [0.1, 0.15) is 101 Å². The van der Waals surface area contributed by atoms with Crippen molar-refractivity contribution in [1.29, 1.82) is 0 Å². The fraction of sp³-hybridized carbons (Fsp3) is 0.0615. The van der Waals surface area contributed by atoms with Crippen LogP contribution in [0.3, 0.4) is 0 Å². The molecule has 0 saturated heterocycles. The molecule has 2 nitrogen and oxygen atoms in total. The summed E-state index contributed by atoms with van der Waals surface area (Å²) in [5.41, 5.74) is 38.4. The van der Waals surface area contributed by atoms with E-state index in [1.807, 2.05) is 35.6 Å². The average Bonchev–Trinajstić information content (AvgIpc) is 1.54. The SMILES string of the molecule is CC1(C)c2ccccc2-c2ccc(N(c3ccc4c(ccc5ccccc54)c3)c3ccc4sc5cc(-c6cccc(C7(c8ccccc8)c8ccccc8-c8ccccc87)c6)ccc5c4c3)cc21.[2H]c1c([2H])c([2H])c(-c2ccc(N(c3cccc(-c4cccc(C5(c6ccccc6)c6ccccc6-c6ccccc65)c4)c3)c3cccc(-c4ccc5c(c4)C(C)(C)c4ccccc4-5)c3)cc2)c([2H])c1[2H]. The summed E-state index contributed by atoms with van der Waals surface area (Å²) in [6.45, 7) is 9.36. The molecule has 0 unspecified atom stereocenters. The van der Waals surface area contributed by atoms with Crippen LogP contribution >= 0.6 is 11.3 Å². The molecule has 0 atom stereocenters. The molecule has 1 aromatic heterocycles. The molecule has 0 saturated carbocycles. The average molecular weight is 1720 g/mol. The van der Waals surface area contributed by atoms with E-state index in [2.05, 4.69) is 468 Å². The minimum atomic E-state index is -0.536. The maximum Gasteiger partial charge on any atom is 0.0713 e. The van der Waals surface area contributed by atoms with Crippen molar-refractivity contribution in [3.63, 3.8) is 0 Å².